The van der Waals surface area contributed by atoms with Crippen LogP contribution in [0.4, 0.5) is 5.82 Å². The van der Waals surface area contributed by atoms with E-state index in [2.05, 4.69) is 22.2 Å². The predicted molar refractivity (Wildman–Crippen MR) is 76.1 cm³/mol. The Morgan fingerprint density at radius 2 is 2.21 bits per heavy atom. The van der Waals surface area contributed by atoms with Crippen LogP contribution in [-0.4, -0.2) is 21.5 Å². The van der Waals surface area contributed by atoms with E-state index in [9.17, 15) is 0 Å². The molecule has 0 aliphatic heterocycles. The van der Waals surface area contributed by atoms with Crippen molar-refractivity contribution in [3.05, 3.63) is 35.8 Å². The number of fused-ring (bicyclic) bond motifs is 1. The number of nitrogens with zero attached hydrogens (tertiary/aromatic N) is 3. The first-order valence-corrected chi connectivity index (χ1v) is 6.92. The molecule has 4 heteroatoms. The Hall–Kier alpha value is -1.97. The SMILES string of the molecule is CCCNc1nc(-c2cccnc2)nc2c1CCC2. The molecule has 2 heterocycles. The quantitative estimate of drug-likeness (QED) is 0.911. The fourth-order valence-corrected chi connectivity index (χ4v) is 2.45. The van der Waals surface area contributed by atoms with Crippen molar-refractivity contribution in [2.75, 3.05) is 11.9 Å². The van der Waals surface area contributed by atoms with Crippen molar-refractivity contribution < 1.29 is 0 Å². The summed E-state index contributed by atoms with van der Waals surface area (Å²) in [5.74, 6) is 1.80. The van der Waals surface area contributed by atoms with Crippen molar-refractivity contribution in [3.63, 3.8) is 0 Å². The number of pyridine rings is 1. The van der Waals surface area contributed by atoms with Crippen LogP contribution < -0.4 is 5.32 Å². The summed E-state index contributed by atoms with van der Waals surface area (Å²) in [5, 5.41) is 3.43. The predicted octanol–water partition coefficient (Wildman–Crippen LogP) is 2.85. The molecular formula is C15H18N4. The Balaban J connectivity index is 2.02. The maximum Gasteiger partial charge on any atom is 0.163 e. The topological polar surface area (TPSA) is 50.7 Å². The highest BCUT2D eigenvalue weighted by molar-refractivity contribution is 5.59. The van der Waals surface area contributed by atoms with Crippen molar-refractivity contribution in [2.24, 2.45) is 0 Å². The lowest BCUT2D eigenvalue weighted by molar-refractivity contribution is 0.899. The fourth-order valence-electron chi connectivity index (χ4n) is 2.45. The van der Waals surface area contributed by atoms with Gasteiger partial charge in [0.05, 0.1) is 0 Å². The molecule has 3 rings (SSSR count). The molecule has 98 valence electrons. The number of hydrogen-bond acceptors (Lipinski definition) is 4. The van der Waals surface area contributed by atoms with Gasteiger partial charge in [0.2, 0.25) is 0 Å². The Morgan fingerprint density at radius 3 is 3.00 bits per heavy atom. The highest BCUT2D eigenvalue weighted by atomic mass is 15.0. The van der Waals surface area contributed by atoms with Crippen LogP contribution in [0.1, 0.15) is 31.0 Å². The fraction of sp³-hybridized carbons (Fsp3) is 0.400. The number of aromatic nitrogens is 3. The number of anilines is 1. The molecule has 0 bridgehead atoms. The van der Waals surface area contributed by atoms with Gasteiger partial charge in [0.1, 0.15) is 5.82 Å². The first-order chi connectivity index (χ1) is 9.38. The molecule has 0 unspecified atom stereocenters. The number of hydrogen-bond donors (Lipinski definition) is 1. The van der Waals surface area contributed by atoms with Gasteiger partial charge >= 0.3 is 0 Å². The third-order valence-electron chi connectivity index (χ3n) is 3.40. The third-order valence-corrected chi connectivity index (χ3v) is 3.40. The lowest BCUT2D eigenvalue weighted by atomic mass is 10.2. The van der Waals surface area contributed by atoms with Crippen molar-refractivity contribution in [1.29, 1.82) is 0 Å². The van der Waals surface area contributed by atoms with Gasteiger partial charge in [-0.25, -0.2) is 9.97 Å². The van der Waals surface area contributed by atoms with E-state index in [1.54, 1.807) is 6.20 Å². The van der Waals surface area contributed by atoms with Gasteiger partial charge in [0.25, 0.3) is 0 Å². The van der Waals surface area contributed by atoms with Crippen molar-refractivity contribution in [3.8, 4) is 11.4 Å². The van der Waals surface area contributed by atoms with Crippen LogP contribution in [0.3, 0.4) is 0 Å². The summed E-state index contributed by atoms with van der Waals surface area (Å²) < 4.78 is 0. The van der Waals surface area contributed by atoms with Crippen molar-refractivity contribution in [1.82, 2.24) is 15.0 Å². The van der Waals surface area contributed by atoms with Gasteiger partial charge in [0.15, 0.2) is 5.82 Å². The highest BCUT2D eigenvalue weighted by Crippen LogP contribution is 2.28. The Bertz CT molecular complexity index is 566. The third kappa shape index (κ3) is 2.43. The van der Waals surface area contributed by atoms with E-state index >= 15 is 0 Å². The minimum Gasteiger partial charge on any atom is -0.370 e. The first-order valence-electron chi connectivity index (χ1n) is 6.92. The van der Waals surface area contributed by atoms with Gasteiger partial charge in [-0.1, -0.05) is 6.92 Å². The molecule has 0 atom stereocenters. The van der Waals surface area contributed by atoms with Gasteiger partial charge in [0, 0.05) is 35.8 Å². The molecule has 1 N–H and O–H groups in total. The lowest BCUT2D eigenvalue weighted by Gasteiger charge is -2.11. The number of rotatable bonds is 4. The summed E-state index contributed by atoms with van der Waals surface area (Å²) in [4.78, 5) is 13.5. The van der Waals surface area contributed by atoms with Crippen LogP contribution in [-0.2, 0) is 12.8 Å². The summed E-state index contributed by atoms with van der Waals surface area (Å²) >= 11 is 0. The molecule has 1 aliphatic carbocycles. The normalized spacial score (nSPS) is 13.3. The zero-order chi connectivity index (χ0) is 13.1. The maximum absolute atomic E-state index is 4.70. The van der Waals surface area contributed by atoms with E-state index in [-0.39, 0.29) is 0 Å². The molecule has 1 aliphatic rings. The van der Waals surface area contributed by atoms with Crippen LogP contribution in [0, 0.1) is 0 Å². The lowest BCUT2D eigenvalue weighted by Crippen LogP contribution is -2.08. The molecule has 0 aromatic carbocycles. The van der Waals surface area contributed by atoms with Gasteiger partial charge < -0.3 is 5.32 Å². The molecule has 2 aromatic heterocycles. The number of aryl methyl sites for hydroxylation is 1. The minimum atomic E-state index is 0.785. The van der Waals surface area contributed by atoms with Crippen LogP contribution in [0.25, 0.3) is 11.4 Å². The molecular weight excluding hydrogens is 236 g/mol. The smallest absolute Gasteiger partial charge is 0.163 e. The molecule has 4 nitrogen and oxygen atoms in total. The zero-order valence-electron chi connectivity index (χ0n) is 11.2. The van der Waals surface area contributed by atoms with Crippen molar-refractivity contribution in [2.45, 2.75) is 32.6 Å². The van der Waals surface area contributed by atoms with Gasteiger partial charge in [-0.15, -0.1) is 0 Å². The van der Waals surface area contributed by atoms with E-state index in [0.29, 0.717) is 0 Å². The Morgan fingerprint density at radius 1 is 1.26 bits per heavy atom. The molecule has 2 aromatic rings. The standard InChI is InChI=1S/C15H18N4/c1-2-8-17-15-12-6-3-7-13(12)18-14(19-15)11-5-4-9-16-10-11/h4-5,9-10H,2-3,6-8H2,1H3,(H,17,18,19). The van der Waals surface area contributed by atoms with Gasteiger partial charge in [-0.2, -0.15) is 0 Å². The van der Waals surface area contributed by atoms with E-state index < -0.39 is 0 Å². The van der Waals surface area contributed by atoms with E-state index in [4.69, 9.17) is 4.98 Å². The average molecular weight is 254 g/mol. The highest BCUT2D eigenvalue weighted by Gasteiger charge is 2.19. The molecule has 0 amide bonds. The number of nitrogens with one attached hydrogen (secondary N) is 1. The van der Waals surface area contributed by atoms with Crippen molar-refractivity contribution >= 4 is 5.82 Å². The molecule has 0 radical (unpaired) electrons. The van der Waals surface area contributed by atoms with Gasteiger partial charge in [-0.3, -0.25) is 4.98 Å². The molecule has 0 saturated heterocycles. The molecule has 19 heavy (non-hydrogen) atoms. The molecule has 0 spiro atoms. The molecule has 0 saturated carbocycles. The van der Waals surface area contributed by atoms with Gasteiger partial charge in [-0.05, 0) is 37.8 Å². The summed E-state index contributed by atoms with van der Waals surface area (Å²) in [6.45, 7) is 3.12. The summed E-state index contributed by atoms with van der Waals surface area (Å²) in [6.07, 6.45) is 8.02. The van der Waals surface area contributed by atoms with E-state index in [1.807, 2.05) is 18.3 Å². The summed E-state index contributed by atoms with van der Waals surface area (Å²) in [7, 11) is 0. The summed E-state index contributed by atoms with van der Waals surface area (Å²) in [6, 6.07) is 3.93. The minimum absolute atomic E-state index is 0.785. The Labute approximate surface area is 113 Å². The Kier molecular flexibility index (Phi) is 3.40. The second-order valence-electron chi connectivity index (χ2n) is 4.84. The summed E-state index contributed by atoms with van der Waals surface area (Å²) in [5.41, 5.74) is 3.49. The second kappa shape index (κ2) is 5.34. The molecule has 0 fully saturated rings. The van der Waals surface area contributed by atoms with E-state index in [1.165, 1.54) is 17.7 Å². The van der Waals surface area contributed by atoms with Crippen LogP contribution in [0.5, 0.6) is 0 Å². The first kappa shape index (κ1) is 12.1. The zero-order valence-corrected chi connectivity index (χ0v) is 11.2. The largest absolute Gasteiger partial charge is 0.370 e. The monoisotopic (exact) mass is 254 g/mol. The maximum atomic E-state index is 4.70. The second-order valence-corrected chi connectivity index (χ2v) is 4.84. The average Bonchev–Trinajstić information content (AvgIpc) is 2.94. The van der Waals surface area contributed by atoms with Crippen LogP contribution >= 0.6 is 0 Å². The van der Waals surface area contributed by atoms with Crippen LogP contribution in [0.15, 0.2) is 24.5 Å². The van der Waals surface area contributed by atoms with Crippen LogP contribution in [0.2, 0.25) is 0 Å². The van der Waals surface area contributed by atoms with E-state index in [0.717, 1.165) is 43.0 Å².